The lowest BCUT2D eigenvalue weighted by molar-refractivity contribution is 0.0600. The Bertz CT molecular complexity index is 697. The van der Waals surface area contributed by atoms with E-state index in [1.807, 2.05) is 18.2 Å². The Morgan fingerprint density at radius 2 is 1.71 bits per heavy atom. The van der Waals surface area contributed by atoms with Crippen LogP contribution in [0, 0.1) is 0 Å². The van der Waals surface area contributed by atoms with Crippen LogP contribution in [0.2, 0.25) is 0 Å². The lowest BCUT2D eigenvalue weighted by Gasteiger charge is -2.12. The van der Waals surface area contributed by atoms with Crippen LogP contribution in [0.1, 0.15) is 60.5 Å². The summed E-state index contributed by atoms with van der Waals surface area (Å²) in [6, 6.07) is 15.8. The molecule has 0 atom stereocenters. The van der Waals surface area contributed by atoms with Gasteiger partial charge in [0, 0.05) is 6.54 Å². The molecule has 0 radical (unpaired) electrons. The fourth-order valence-electron chi connectivity index (χ4n) is 3.07. The van der Waals surface area contributed by atoms with E-state index < -0.39 is 0 Å². The number of hydrogen-bond acceptors (Lipinski definition) is 4. The van der Waals surface area contributed by atoms with Gasteiger partial charge in [-0.3, -0.25) is 0 Å². The highest BCUT2D eigenvalue weighted by Crippen LogP contribution is 2.19. The molecule has 2 aromatic rings. The molecule has 0 aliphatic rings. The van der Waals surface area contributed by atoms with E-state index in [1.54, 1.807) is 12.1 Å². The van der Waals surface area contributed by atoms with Crippen LogP contribution < -0.4 is 10.1 Å². The zero-order valence-electron chi connectivity index (χ0n) is 17.2. The van der Waals surface area contributed by atoms with E-state index in [4.69, 9.17) is 9.47 Å². The van der Waals surface area contributed by atoms with Crippen molar-refractivity contribution in [2.75, 3.05) is 20.3 Å². The summed E-state index contributed by atoms with van der Waals surface area (Å²) in [5, 5.41) is 3.46. The number of esters is 1. The summed E-state index contributed by atoms with van der Waals surface area (Å²) in [6.45, 7) is 4.66. The largest absolute Gasteiger partial charge is 0.493 e. The smallest absolute Gasteiger partial charge is 0.337 e. The number of benzene rings is 2. The van der Waals surface area contributed by atoms with E-state index >= 15 is 0 Å². The molecule has 0 saturated carbocycles. The number of rotatable bonds is 13. The third-order valence-electron chi connectivity index (χ3n) is 4.75. The standard InChI is InChI=1S/C24H33NO3/c1-3-4-5-6-9-18-28-23-11-8-7-10-21(23)16-17-25-19-20-12-14-22(15-13-20)24(26)27-2/h7-8,10-15,25H,3-6,9,16-19H2,1-2H3. The van der Waals surface area contributed by atoms with Gasteiger partial charge in [-0.05, 0) is 48.7 Å². The molecule has 0 unspecified atom stereocenters. The van der Waals surface area contributed by atoms with Crippen LogP contribution in [0.15, 0.2) is 48.5 Å². The van der Waals surface area contributed by atoms with E-state index in [1.165, 1.54) is 38.4 Å². The molecule has 0 aliphatic carbocycles. The van der Waals surface area contributed by atoms with Crippen LogP contribution in [0.3, 0.4) is 0 Å². The summed E-state index contributed by atoms with van der Waals surface area (Å²) in [6.07, 6.45) is 7.17. The monoisotopic (exact) mass is 383 g/mol. The average molecular weight is 384 g/mol. The van der Waals surface area contributed by atoms with Crippen LogP contribution in [-0.4, -0.2) is 26.2 Å². The molecular formula is C24H33NO3. The van der Waals surface area contributed by atoms with Gasteiger partial charge in [0.25, 0.3) is 0 Å². The quantitative estimate of drug-likeness (QED) is 0.384. The third-order valence-corrected chi connectivity index (χ3v) is 4.75. The molecule has 0 aromatic heterocycles. The van der Waals surface area contributed by atoms with E-state index in [0.717, 1.165) is 43.9 Å². The molecule has 0 spiro atoms. The van der Waals surface area contributed by atoms with E-state index in [-0.39, 0.29) is 5.97 Å². The number of nitrogens with one attached hydrogen (secondary N) is 1. The molecule has 4 heteroatoms. The van der Waals surface area contributed by atoms with Crippen molar-refractivity contribution in [3.63, 3.8) is 0 Å². The Morgan fingerprint density at radius 3 is 2.46 bits per heavy atom. The molecule has 4 nitrogen and oxygen atoms in total. The summed E-state index contributed by atoms with van der Waals surface area (Å²) < 4.78 is 10.7. The molecule has 0 bridgehead atoms. The number of methoxy groups -OCH3 is 1. The van der Waals surface area contributed by atoms with Gasteiger partial charge in [0.1, 0.15) is 5.75 Å². The van der Waals surface area contributed by atoms with Crippen molar-refractivity contribution in [3.05, 3.63) is 65.2 Å². The third kappa shape index (κ3) is 7.73. The summed E-state index contributed by atoms with van der Waals surface area (Å²) in [7, 11) is 1.39. The van der Waals surface area contributed by atoms with Gasteiger partial charge < -0.3 is 14.8 Å². The minimum absolute atomic E-state index is 0.304. The summed E-state index contributed by atoms with van der Waals surface area (Å²) in [5.41, 5.74) is 2.96. The SMILES string of the molecule is CCCCCCCOc1ccccc1CCNCc1ccc(C(=O)OC)cc1. The fraction of sp³-hybridized carbons (Fsp3) is 0.458. The van der Waals surface area contributed by atoms with Crippen LogP contribution in [0.4, 0.5) is 0 Å². The predicted octanol–water partition coefficient (Wildman–Crippen LogP) is 5.15. The van der Waals surface area contributed by atoms with Gasteiger partial charge in [0.15, 0.2) is 0 Å². The van der Waals surface area contributed by atoms with E-state index in [9.17, 15) is 4.79 Å². The van der Waals surface area contributed by atoms with E-state index in [0.29, 0.717) is 5.56 Å². The number of ether oxygens (including phenoxy) is 2. The lowest BCUT2D eigenvalue weighted by Crippen LogP contribution is -2.17. The van der Waals surface area contributed by atoms with Crippen LogP contribution in [0.25, 0.3) is 0 Å². The molecule has 28 heavy (non-hydrogen) atoms. The second-order valence-corrected chi connectivity index (χ2v) is 6.99. The molecule has 0 saturated heterocycles. The van der Waals surface area contributed by atoms with Crippen LogP contribution in [-0.2, 0) is 17.7 Å². The van der Waals surface area contributed by atoms with Gasteiger partial charge in [0.05, 0.1) is 19.3 Å². The minimum atomic E-state index is -0.304. The van der Waals surface area contributed by atoms with Crippen molar-refractivity contribution in [1.82, 2.24) is 5.32 Å². The van der Waals surface area contributed by atoms with Gasteiger partial charge >= 0.3 is 5.97 Å². The Hall–Kier alpha value is -2.33. The highest BCUT2D eigenvalue weighted by Gasteiger charge is 2.05. The van der Waals surface area contributed by atoms with Crippen molar-refractivity contribution in [3.8, 4) is 5.75 Å². The number of unbranched alkanes of at least 4 members (excludes halogenated alkanes) is 4. The molecule has 0 aliphatic heterocycles. The second-order valence-electron chi connectivity index (χ2n) is 6.99. The molecule has 0 heterocycles. The zero-order chi connectivity index (χ0) is 20.0. The first-order chi connectivity index (χ1) is 13.7. The highest BCUT2D eigenvalue weighted by molar-refractivity contribution is 5.89. The first kappa shape index (κ1) is 22.0. The fourth-order valence-corrected chi connectivity index (χ4v) is 3.07. The van der Waals surface area contributed by atoms with Crippen molar-refractivity contribution < 1.29 is 14.3 Å². The van der Waals surface area contributed by atoms with Crippen molar-refractivity contribution in [2.24, 2.45) is 0 Å². The summed E-state index contributed by atoms with van der Waals surface area (Å²) in [4.78, 5) is 11.5. The number of hydrogen-bond donors (Lipinski definition) is 1. The first-order valence-electron chi connectivity index (χ1n) is 10.3. The van der Waals surface area contributed by atoms with Crippen LogP contribution >= 0.6 is 0 Å². The molecule has 152 valence electrons. The van der Waals surface area contributed by atoms with E-state index in [2.05, 4.69) is 30.4 Å². The number of carbonyl (C=O) groups excluding carboxylic acids is 1. The Labute approximate surface area is 169 Å². The Morgan fingerprint density at radius 1 is 0.964 bits per heavy atom. The molecular weight excluding hydrogens is 350 g/mol. The summed E-state index contributed by atoms with van der Waals surface area (Å²) in [5.74, 6) is 0.698. The Kier molecular flexibility index (Phi) is 10.2. The summed E-state index contributed by atoms with van der Waals surface area (Å²) >= 11 is 0. The average Bonchev–Trinajstić information content (AvgIpc) is 2.74. The van der Waals surface area contributed by atoms with Gasteiger partial charge in [-0.25, -0.2) is 4.79 Å². The molecule has 2 aromatic carbocycles. The topological polar surface area (TPSA) is 47.6 Å². The molecule has 0 fully saturated rings. The highest BCUT2D eigenvalue weighted by atomic mass is 16.5. The normalized spacial score (nSPS) is 10.6. The van der Waals surface area contributed by atoms with Crippen molar-refractivity contribution >= 4 is 5.97 Å². The molecule has 0 amide bonds. The maximum absolute atomic E-state index is 11.5. The van der Waals surface area contributed by atoms with Gasteiger partial charge in [-0.2, -0.15) is 0 Å². The van der Waals surface area contributed by atoms with Crippen LogP contribution in [0.5, 0.6) is 5.75 Å². The van der Waals surface area contributed by atoms with Crippen molar-refractivity contribution in [2.45, 2.75) is 52.0 Å². The second kappa shape index (κ2) is 12.9. The molecule has 1 N–H and O–H groups in total. The Balaban J connectivity index is 1.71. The maximum atomic E-state index is 11.5. The first-order valence-corrected chi connectivity index (χ1v) is 10.3. The lowest BCUT2D eigenvalue weighted by atomic mass is 10.1. The minimum Gasteiger partial charge on any atom is -0.493 e. The maximum Gasteiger partial charge on any atom is 0.337 e. The molecule has 2 rings (SSSR count). The van der Waals surface area contributed by atoms with Gasteiger partial charge in [-0.15, -0.1) is 0 Å². The van der Waals surface area contributed by atoms with Gasteiger partial charge in [-0.1, -0.05) is 62.9 Å². The predicted molar refractivity (Wildman–Crippen MR) is 114 cm³/mol. The number of para-hydroxylation sites is 1. The number of carbonyl (C=O) groups is 1. The zero-order valence-corrected chi connectivity index (χ0v) is 17.2. The van der Waals surface area contributed by atoms with Gasteiger partial charge in [0.2, 0.25) is 0 Å². The van der Waals surface area contributed by atoms with Crippen molar-refractivity contribution in [1.29, 1.82) is 0 Å².